The van der Waals surface area contributed by atoms with Crippen molar-refractivity contribution >= 4 is 28.6 Å². The summed E-state index contributed by atoms with van der Waals surface area (Å²) in [6, 6.07) is 7.09. The second kappa shape index (κ2) is 7.65. The predicted molar refractivity (Wildman–Crippen MR) is 102 cm³/mol. The van der Waals surface area contributed by atoms with E-state index in [0.29, 0.717) is 34.9 Å². The Balaban J connectivity index is 1.84. The lowest BCUT2D eigenvalue weighted by Gasteiger charge is -2.23. The van der Waals surface area contributed by atoms with Crippen LogP contribution in [0.3, 0.4) is 0 Å². The number of hydrogen-bond acceptors (Lipinski definition) is 6. The lowest BCUT2D eigenvalue weighted by molar-refractivity contribution is -0.258. The first-order valence-electron chi connectivity index (χ1n) is 8.15. The van der Waals surface area contributed by atoms with Gasteiger partial charge in [-0.15, -0.1) is 11.3 Å². The Hall–Kier alpha value is -2.23. The van der Waals surface area contributed by atoms with Gasteiger partial charge in [-0.25, -0.2) is 15.0 Å². The van der Waals surface area contributed by atoms with Crippen LogP contribution >= 0.6 is 22.9 Å². The number of alkyl halides is 3. The Morgan fingerprint density at radius 1 is 1.21 bits per heavy atom. The molecular weight excluding hydrogens is 413 g/mol. The Bertz CT molecular complexity index is 991. The zero-order valence-corrected chi connectivity index (χ0v) is 16.5. The highest BCUT2D eigenvalue weighted by Gasteiger charge is 2.53. The van der Waals surface area contributed by atoms with Crippen molar-refractivity contribution in [3.8, 4) is 10.4 Å². The van der Waals surface area contributed by atoms with Crippen LogP contribution in [0.25, 0.3) is 10.4 Å². The smallest absolute Gasteiger partial charge is 0.378 e. The van der Waals surface area contributed by atoms with Gasteiger partial charge >= 0.3 is 6.18 Å². The molecule has 2 heterocycles. The van der Waals surface area contributed by atoms with E-state index in [1.807, 2.05) is 19.1 Å². The lowest BCUT2D eigenvalue weighted by atomic mass is 10.1. The van der Waals surface area contributed by atoms with Crippen LogP contribution in [0.2, 0.25) is 5.15 Å². The second-order valence-corrected chi connectivity index (χ2v) is 7.75. The SMILES string of the molecule is Cc1cc(NCc2nccc(Cl)n2)cc(-c2cnc(C(C)(O)C(F)(F)F)s2)c1. The van der Waals surface area contributed by atoms with Crippen LogP contribution in [0.5, 0.6) is 0 Å². The molecule has 0 radical (unpaired) electrons. The van der Waals surface area contributed by atoms with Gasteiger partial charge in [-0.1, -0.05) is 17.7 Å². The third-order valence-electron chi connectivity index (χ3n) is 3.96. The van der Waals surface area contributed by atoms with E-state index in [1.165, 1.54) is 6.20 Å². The zero-order valence-electron chi connectivity index (χ0n) is 14.9. The quantitative estimate of drug-likeness (QED) is 0.563. The van der Waals surface area contributed by atoms with Gasteiger partial charge in [-0.3, -0.25) is 0 Å². The number of hydrogen-bond donors (Lipinski definition) is 2. The van der Waals surface area contributed by atoms with Gasteiger partial charge in [0.05, 0.1) is 11.4 Å². The molecule has 28 heavy (non-hydrogen) atoms. The molecule has 3 aromatic rings. The molecule has 10 heteroatoms. The van der Waals surface area contributed by atoms with Crippen molar-refractivity contribution in [1.82, 2.24) is 15.0 Å². The number of anilines is 1. The topological polar surface area (TPSA) is 70.9 Å². The Labute approximate surface area is 168 Å². The molecule has 0 fully saturated rings. The minimum atomic E-state index is -4.81. The summed E-state index contributed by atoms with van der Waals surface area (Å²) in [5, 5.41) is 12.9. The first kappa shape index (κ1) is 20.5. The highest BCUT2D eigenvalue weighted by molar-refractivity contribution is 7.15. The van der Waals surface area contributed by atoms with Crippen LogP contribution in [0.15, 0.2) is 36.7 Å². The monoisotopic (exact) mass is 428 g/mol. The fraction of sp³-hybridized carbons (Fsp3) is 0.278. The molecule has 2 aromatic heterocycles. The summed E-state index contributed by atoms with van der Waals surface area (Å²) in [6.45, 7) is 2.91. The van der Waals surface area contributed by atoms with Crippen LogP contribution in [0.1, 0.15) is 23.3 Å². The van der Waals surface area contributed by atoms with E-state index in [-0.39, 0.29) is 0 Å². The highest BCUT2D eigenvalue weighted by atomic mass is 35.5. The van der Waals surface area contributed by atoms with Crippen LogP contribution in [-0.2, 0) is 12.1 Å². The van der Waals surface area contributed by atoms with Gasteiger partial charge in [0.25, 0.3) is 0 Å². The minimum absolute atomic E-state index is 0.334. The van der Waals surface area contributed by atoms with Crippen LogP contribution < -0.4 is 5.32 Å². The number of aliphatic hydroxyl groups is 1. The van der Waals surface area contributed by atoms with Gasteiger partial charge in [0.1, 0.15) is 16.0 Å². The molecule has 148 valence electrons. The molecule has 0 spiro atoms. The van der Waals surface area contributed by atoms with Crippen LogP contribution in [0, 0.1) is 6.92 Å². The van der Waals surface area contributed by atoms with E-state index < -0.39 is 16.8 Å². The first-order valence-corrected chi connectivity index (χ1v) is 9.34. The molecule has 0 aliphatic carbocycles. The van der Waals surface area contributed by atoms with Gasteiger partial charge < -0.3 is 10.4 Å². The number of halogens is 4. The van der Waals surface area contributed by atoms with E-state index in [1.54, 1.807) is 18.3 Å². The third-order valence-corrected chi connectivity index (χ3v) is 5.43. The third kappa shape index (κ3) is 4.43. The molecule has 1 atom stereocenters. The molecule has 1 unspecified atom stereocenters. The van der Waals surface area contributed by atoms with Crippen molar-refractivity contribution in [2.24, 2.45) is 0 Å². The van der Waals surface area contributed by atoms with Crippen LogP contribution in [0.4, 0.5) is 18.9 Å². The fourth-order valence-corrected chi connectivity index (χ4v) is 3.55. The van der Waals surface area contributed by atoms with E-state index >= 15 is 0 Å². The van der Waals surface area contributed by atoms with Crippen molar-refractivity contribution in [2.75, 3.05) is 5.32 Å². The summed E-state index contributed by atoms with van der Waals surface area (Å²) in [5.41, 5.74) is -0.651. The normalized spacial score (nSPS) is 14.0. The van der Waals surface area contributed by atoms with Gasteiger partial charge in [-0.2, -0.15) is 13.2 Å². The molecule has 0 aliphatic heterocycles. The number of aryl methyl sites for hydroxylation is 1. The largest absolute Gasteiger partial charge is 0.423 e. The van der Waals surface area contributed by atoms with Gasteiger partial charge in [0.2, 0.25) is 5.60 Å². The Morgan fingerprint density at radius 2 is 1.96 bits per heavy atom. The fourth-order valence-electron chi connectivity index (χ4n) is 2.42. The summed E-state index contributed by atoms with van der Waals surface area (Å²) in [6.07, 6.45) is -1.92. The number of nitrogens with zero attached hydrogens (tertiary/aromatic N) is 3. The van der Waals surface area contributed by atoms with Crippen molar-refractivity contribution in [3.63, 3.8) is 0 Å². The van der Waals surface area contributed by atoms with Gasteiger partial charge in [-0.05, 0) is 43.2 Å². The first-order chi connectivity index (χ1) is 13.1. The van der Waals surface area contributed by atoms with Crippen molar-refractivity contribution in [1.29, 1.82) is 0 Å². The Morgan fingerprint density at radius 3 is 2.64 bits per heavy atom. The van der Waals surface area contributed by atoms with E-state index in [2.05, 4.69) is 20.3 Å². The molecule has 3 rings (SSSR count). The number of rotatable bonds is 5. The summed E-state index contributed by atoms with van der Waals surface area (Å²) >= 11 is 6.65. The molecule has 0 amide bonds. The second-order valence-electron chi connectivity index (χ2n) is 6.34. The molecular formula is C18H16ClF3N4OS. The Kier molecular flexibility index (Phi) is 5.60. The molecule has 5 nitrogen and oxygen atoms in total. The number of thiazole rings is 1. The predicted octanol–water partition coefficient (Wildman–Crippen LogP) is 4.94. The molecule has 1 aromatic carbocycles. The molecule has 0 saturated heterocycles. The van der Waals surface area contributed by atoms with E-state index in [0.717, 1.165) is 22.6 Å². The molecule has 0 aliphatic rings. The van der Waals surface area contributed by atoms with Crippen molar-refractivity contribution in [2.45, 2.75) is 32.2 Å². The number of aromatic nitrogens is 3. The maximum atomic E-state index is 13.0. The van der Waals surface area contributed by atoms with Gasteiger partial charge in [0.15, 0.2) is 0 Å². The average Bonchev–Trinajstić information content (AvgIpc) is 3.09. The summed E-state index contributed by atoms with van der Waals surface area (Å²) in [7, 11) is 0. The van der Waals surface area contributed by atoms with Crippen molar-refractivity contribution < 1.29 is 18.3 Å². The number of nitrogens with one attached hydrogen (secondary N) is 1. The lowest BCUT2D eigenvalue weighted by Crippen LogP contribution is -2.39. The van der Waals surface area contributed by atoms with Crippen molar-refractivity contribution in [3.05, 3.63) is 58.2 Å². The average molecular weight is 429 g/mol. The summed E-state index contributed by atoms with van der Waals surface area (Å²) < 4.78 is 39.1. The maximum absolute atomic E-state index is 13.0. The summed E-state index contributed by atoms with van der Waals surface area (Å²) in [5.74, 6) is 0.511. The van der Waals surface area contributed by atoms with E-state index in [4.69, 9.17) is 11.6 Å². The van der Waals surface area contributed by atoms with Gasteiger partial charge in [0, 0.05) is 18.1 Å². The maximum Gasteiger partial charge on any atom is 0.423 e. The minimum Gasteiger partial charge on any atom is -0.378 e. The van der Waals surface area contributed by atoms with Crippen LogP contribution in [-0.4, -0.2) is 26.2 Å². The van der Waals surface area contributed by atoms with E-state index in [9.17, 15) is 18.3 Å². The zero-order chi connectivity index (χ0) is 20.5. The number of benzene rings is 1. The molecule has 2 N–H and O–H groups in total. The highest BCUT2D eigenvalue weighted by Crippen LogP contribution is 2.42. The molecule has 0 bridgehead atoms. The summed E-state index contributed by atoms with van der Waals surface area (Å²) in [4.78, 5) is 12.5. The standard InChI is InChI=1S/C18H16ClF3N4OS/c1-10-5-11(13-8-25-16(28-13)17(2,27)18(20,21)22)7-12(6-10)24-9-15-23-4-3-14(19)26-15/h3-8,24,27H,9H2,1-2H3. The molecule has 0 saturated carbocycles.